The number of amides is 1. The number of fused-ring (bicyclic) bond motifs is 1. The van der Waals surface area contributed by atoms with Crippen LogP contribution in [0.25, 0.3) is 10.8 Å². The molecule has 1 heterocycles. The molecule has 1 N–H and O–H groups in total. The maximum Gasteiger partial charge on any atom is 0.252 e. The molecule has 5 heteroatoms. The fourth-order valence-corrected chi connectivity index (χ4v) is 4.11. The van der Waals surface area contributed by atoms with E-state index < -0.39 is 5.54 Å². The molecule has 3 aromatic rings. The minimum atomic E-state index is -0.556. The van der Waals surface area contributed by atoms with Crippen molar-refractivity contribution in [1.82, 2.24) is 10.3 Å². The van der Waals surface area contributed by atoms with Crippen molar-refractivity contribution in [2.45, 2.75) is 37.6 Å². The summed E-state index contributed by atoms with van der Waals surface area (Å²) in [6, 6.07) is 13.3. The molecule has 2 aromatic carbocycles. The van der Waals surface area contributed by atoms with Crippen molar-refractivity contribution < 1.29 is 14.3 Å². The third-order valence-electron chi connectivity index (χ3n) is 5.81. The molecular weight excluding hydrogens is 388 g/mol. The molecular formula is C26H26N2O3. The number of nitrogens with zero attached hydrogens (tertiary/aromatic N) is 1. The highest BCUT2D eigenvalue weighted by molar-refractivity contribution is 5.95. The smallest absolute Gasteiger partial charge is 0.252 e. The molecule has 5 nitrogen and oxygen atoms in total. The zero-order valence-corrected chi connectivity index (χ0v) is 17.9. The first-order valence-electron chi connectivity index (χ1n) is 10.5. The lowest BCUT2D eigenvalue weighted by atomic mass is 9.81. The van der Waals surface area contributed by atoms with Gasteiger partial charge in [0.25, 0.3) is 5.91 Å². The highest BCUT2D eigenvalue weighted by Crippen LogP contribution is 2.30. The van der Waals surface area contributed by atoms with Crippen molar-refractivity contribution in [3.05, 3.63) is 66.0 Å². The predicted octanol–water partition coefficient (Wildman–Crippen LogP) is 4.74. The van der Waals surface area contributed by atoms with Gasteiger partial charge in [0.2, 0.25) is 0 Å². The number of nitrogens with one attached hydrogen (secondary N) is 1. The Morgan fingerprint density at radius 1 is 1.00 bits per heavy atom. The first kappa shape index (κ1) is 20.7. The van der Waals surface area contributed by atoms with Crippen LogP contribution in [0.1, 0.15) is 48.0 Å². The number of rotatable bonds is 4. The van der Waals surface area contributed by atoms with Crippen LogP contribution in [0.5, 0.6) is 11.5 Å². The van der Waals surface area contributed by atoms with E-state index in [0.717, 1.165) is 48.4 Å². The number of pyridine rings is 1. The van der Waals surface area contributed by atoms with E-state index >= 15 is 0 Å². The molecule has 0 atom stereocenters. The van der Waals surface area contributed by atoms with E-state index in [1.54, 1.807) is 38.6 Å². The molecule has 0 spiro atoms. The number of ether oxygens (including phenoxy) is 2. The standard InChI is InChI=1S/C26H26N2O3/c1-30-23-11-10-19(16-24(23)31-2)25(29)28-26(13-6-3-7-14-26)15-12-21-18-27-17-20-8-4-5-9-22(20)21/h4-5,8-11,16-18H,3,6-7,13-14H2,1-2H3,(H,28,29). The van der Waals surface area contributed by atoms with E-state index in [1.807, 2.05) is 24.4 Å². The second-order valence-corrected chi connectivity index (χ2v) is 7.82. The van der Waals surface area contributed by atoms with Crippen LogP contribution in [0.2, 0.25) is 0 Å². The summed E-state index contributed by atoms with van der Waals surface area (Å²) in [6.45, 7) is 0. The first-order chi connectivity index (χ1) is 15.1. The molecule has 0 radical (unpaired) electrons. The molecule has 4 rings (SSSR count). The monoisotopic (exact) mass is 414 g/mol. The zero-order valence-electron chi connectivity index (χ0n) is 17.9. The number of aromatic nitrogens is 1. The van der Waals surface area contributed by atoms with Gasteiger partial charge in [0.05, 0.1) is 19.8 Å². The fraction of sp³-hybridized carbons (Fsp3) is 0.308. The van der Waals surface area contributed by atoms with E-state index in [1.165, 1.54) is 0 Å². The van der Waals surface area contributed by atoms with Gasteiger partial charge in [-0.1, -0.05) is 55.4 Å². The van der Waals surface area contributed by atoms with E-state index in [0.29, 0.717) is 17.1 Å². The largest absolute Gasteiger partial charge is 0.493 e. The molecule has 158 valence electrons. The third kappa shape index (κ3) is 4.49. The van der Waals surface area contributed by atoms with Crippen molar-refractivity contribution >= 4 is 16.7 Å². The highest BCUT2D eigenvalue weighted by atomic mass is 16.5. The molecule has 1 saturated carbocycles. The molecule has 0 unspecified atom stereocenters. The van der Waals surface area contributed by atoms with E-state index in [-0.39, 0.29) is 5.91 Å². The van der Waals surface area contributed by atoms with Crippen LogP contribution in [0.3, 0.4) is 0 Å². The number of hydrogen-bond donors (Lipinski definition) is 1. The molecule has 1 fully saturated rings. The van der Waals surface area contributed by atoms with Gasteiger partial charge in [-0.2, -0.15) is 0 Å². The molecule has 1 aliphatic carbocycles. The maximum atomic E-state index is 13.1. The Labute approximate surface area is 182 Å². The summed E-state index contributed by atoms with van der Waals surface area (Å²) >= 11 is 0. The van der Waals surface area contributed by atoms with Crippen LogP contribution in [-0.2, 0) is 0 Å². The van der Waals surface area contributed by atoms with Gasteiger partial charge in [0, 0.05) is 28.7 Å². The van der Waals surface area contributed by atoms with Gasteiger partial charge >= 0.3 is 0 Å². The Morgan fingerprint density at radius 2 is 1.77 bits per heavy atom. The Balaban J connectivity index is 1.65. The second-order valence-electron chi connectivity index (χ2n) is 7.82. The summed E-state index contributed by atoms with van der Waals surface area (Å²) in [5.74, 6) is 7.70. The Morgan fingerprint density at radius 3 is 2.55 bits per heavy atom. The molecule has 0 saturated heterocycles. The van der Waals surface area contributed by atoms with Gasteiger partial charge < -0.3 is 14.8 Å². The minimum Gasteiger partial charge on any atom is -0.493 e. The summed E-state index contributed by atoms with van der Waals surface area (Å²) in [5, 5.41) is 5.35. The van der Waals surface area contributed by atoms with Crippen LogP contribution in [0.15, 0.2) is 54.9 Å². The lowest BCUT2D eigenvalue weighted by Crippen LogP contribution is -2.48. The van der Waals surface area contributed by atoms with E-state index in [9.17, 15) is 4.79 Å². The highest BCUT2D eigenvalue weighted by Gasteiger charge is 2.32. The van der Waals surface area contributed by atoms with Crippen molar-refractivity contribution in [2.24, 2.45) is 0 Å². The first-order valence-corrected chi connectivity index (χ1v) is 10.5. The summed E-state index contributed by atoms with van der Waals surface area (Å²) in [7, 11) is 3.14. The average molecular weight is 415 g/mol. The zero-order chi connectivity index (χ0) is 21.7. The average Bonchev–Trinajstić information content (AvgIpc) is 2.82. The topological polar surface area (TPSA) is 60.5 Å². The summed E-state index contributed by atoms with van der Waals surface area (Å²) in [6.07, 6.45) is 8.53. The van der Waals surface area contributed by atoms with Crippen LogP contribution < -0.4 is 14.8 Å². The molecule has 1 aromatic heterocycles. The van der Waals surface area contributed by atoms with Gasteiger partial charge in [0.1, 0.15) is 5.54 Å². The number of carbonyl (C=O) groups excluding carboxylic acids is 1. The van der Waals surface area contributed by atoms with Gasteiger partial charge in [-0.3, -0.25) is 9.78 Å². The van der Waals surface area contributed by atoms with E-state index in [2.05, 4.69) is 28.2 Å². The van der Waals surface area contributed by atoms with Crippen LogP contribution in [0.4, 0.5) is 0 Å². The van der Waals surface area contributed by atoms with Gasteiger partial charge in [-0.05, 0) is 31.0 Å². The lowest BCUT2D eigenvalue weighted by Gasteiger charge is -2.33. The summed E-state index contributed by atoms with van der Waals surface area (Å²) in [4.78, 5) is 17.4. The van der Waals surface area contributed by atoms with Crippen molar-refractivity contribution in [3.63, 3.8) is 0 Å². The quantitative estimate of drug-likeness (QED) is 0.627. The number of hydrogen-bond acceptors (Lipinski definition) is 4. The fourth-order valence-electron chi connectivity index (χ4n) is 4.11. The Hall–Kier alpha value is -3.52. The third-order valence-corrected chi connectivity index (χ3v) is 5.81. The Kier molecular flexibility index (Phi) is 6.08. The SMILES string of the molecule is COc1ccc(C(=O)NC2(C#Cc3cncc4ccccc34)CCCCC2)cc1OC. The number of carbonyl (C=O) groups is 1. The Bertz CT molecular complexity index is 1150. The van der Waals surface area contributed by atoms with Crippen molar-refractivity contribution in [3.8, 4) is 23.3 Å². The van der Waals surface area contributed by atoms with Crippen LogP contribution >= 0.6 is 0 Å². The van der Waals surface area contributed by atoms with Crippen molar-refractivity contribution in [2.75, 3.05) is 14.2 Å². The van der Waals surface area contributed by atoms with Crippen LogP contribution in [0, 0.1) is 11.8 Å². The second kappa shape index (κ2) is 9.09. The van der Waals surface area contributed by atoms with E-state index in [4.69, 9.17) is 9.47 Å². The lowest BCUT2D eigenvalue weighted by molar-refractivity contribution is 0.0903. The number of benzene rings is 2. The summed E-state index contributed by atoms with van der Waals surface area (Å²) < 4.78 is 10.6. The maximum absolute atomic E-state index is 13.1. The molecule has 0 aliphatic heterocycles. The summed E-state index contributed by atoms with van der Waals surface area (Å²) in [5.41, 5.74) is 0.846. The normalized spacial score (nSPS) is 14.9. The van der Waals surface area contributed by atoms with Crippen LogP contribution in [-0.4, -0.2) is 30.6 Å². The predicted molar refractivity (Wildman–Crippen MR) is 121 cm³/mol. The number of methoxy groups -OCH3 is 2. The minimum absolute atomic E-state index is 0.159. The van der Waals surface area contributed by atoms with Crippen molar-refractivity contribution in [1.29, 1.82) is 0 Å². The molecule has 0 bridgehead atoms. The molecule has 1 amide bonds. The van der Waals surface area contributed by atoms with Gasteiger partial charge in [0.15, 0.2) is 11.5 Å². The van der Waals surface area contributed by atoms with Gasteiger partial charge in [-0.25, -0.2) is 0 Å². The van der Waals surface area contributed by atoms with Gasteiger partial charge in [-0.15, -0.1) is 0 Å². The molecule has 1 aliphatic rings. The molecule has 31 heavy (non-hydrogen) atoms.